The van der Waals surface area contributed by atoms with Crippen LogP contribution in [0.2, 0.25) is 0 Å². The Morgan fingerprint density at radius 2 is 0.830 bits per heavy atom. The van der Waals surface area contributed by atoms with Crippen LogP contribution in [0.15, 0.2) is 133 Å². The highest BCUT2D eigenvalue weighted by atomic mass is 19.4. The molecule has 0 spiro atoms. The third-order valence-electron chi connectivity index (χ3n) is 9.75. The lowest BCUT2D eigenvalue weighted by Gasteiger charge is -2.32. The number of benzene rings is 6. The van der Waals surface area contributed by atoms with Crippen LogP contribution < -0.4 is 20.9 Å². The monoisotopic (exact) mass is 724 g/mol. The maximum absolute atomic E-state index is 14.1. The SMILES string of the molecule is Nc1ccc(Oc2ccc(C3(c4ccc(Oc5ccc(N)cc5C(F)(F)F)c(-c5ccccc5)c4)CCCC3)cc2-c2ccccc2)c(C(F)(F)F)c1. The van der Waals surface area contributed by atoms with Crippen molar-refractivity contribution in [2.45, 2.75) is 43.5 Å². The van der Waals surface area contributed by atoms with Crippen LogP contribution in [0.3, 0.4) is 0 Å². The second kappa shape index (κ2) is 13.9. The second-order valence-electron chi connectivity index (χ2n) is 13.2. The molecule has 4 nitrogen and oxygen atoms in total. The number of nitrogens with two attached hydrogens (primary N) is 2. The van der Waals surface area contributed by atoms with Crippen LogP contribution in [0.4, 0.5) is 37.7 Å². The topological polar surface area (TPSA) is 70.5 Å². The Hall–Kier alpha value is -5.90. The number of nitrogen functional groups attached to an aromatic ring is 2. The van der Waals surface area contributed by atoms with Crippen LogP contribution in [0.1, 0.15) is 47.9 Å². The first-order chi connectivity index (χ1) is 25.3. The van der Waals surface area contributed by atoms with E-state index in [2.05, 4.69) is 0 Å². The fourth-order valence-electron chi connectivity index (χ4n) is 7.20. The van der Waals surface area contributed by atoms with Gasteiger partial charge in [-0.05, 0) is 95.8 Å². The van der Waals surface area contributed by atoms with Gasteiger partial charge in [-0.25, -0.2) is 0 Å². The zero-order valence-electron chi connectivity index (χ0n) is 28.3. The van der Waals surface area contributed by atoms with Crippen molar-refractivity contribution in [3.8, 4) is 45.3 Å². The minimum atomic E-state index is -4.69. The first kappa shape index (κ1) is 35.5. The molecule has 0 heterocycles. The van der Waals surface area contributed by atoms with E-state index < -0.39 is 28.9 Å². The molecule has 7 rings (SSSR count). The van der Waals surface area contributed by atoms with Crippen molar-refractivity contribution in [2.75, 3.05) is 11.5 Å². The van der Waals surface area contributed by atoms with E-state index in [1.165, 1.54) is 24.3 Å². The minimum absolute atomic E-state index is 0.0352. The Labute approximate surface area is 302 Å². The maximum Gasteiger partial charge on any atom is 0.420 e. The molecule has 0 bridgehead atoms. The molecule has 1 saturated carbocycles. The highest BCUT2D eigenvalue weighted by molar-refractivity contribution is 5.75. The molecular weight excluding hydrogens is 690 g/mol. The van der Waals surface area contributed by atoms with Crippen LogP contribution in [0, 0.1) is 0 Å². The van der Waals surface area contributed by atoms with Crippen molar-refractivity contribution < 1.29 is 35.8 Å². The Morgan fingerprint density at radius 3 is 1.21 bits per heavy atom. The van der Waals surface area contributed by atoms with Gasteiger partial charge in [0, 0.05) is 27.9 Å². The standard InChI is InChI=1S/C43H34F6N2O2/c44-42(45,46)35-25-31(50)15-19-39(35)52-37-17-13-29(23-33(37)27-9-3-1-4-10-27)41(21-7-8-22-41)30-14-18-38(34(24-30)28-11-5-2-6-12-28)53-40-20-16-32(51)26-36(40)43(47,48)49/h1-6,9-20,23-26H,7-8,21-22,50-51H2. The summed E-state index contributed by atoms with van der Waals surface area (Å²) in [4.78, 5) is 0. The third-order valence-corrected chi connectivity index (χ3v) is 9.75. The van der Waals surface area contributed by atoms with Gasteiger partial charge in [-0.3, -0.25) is 0 Å². The fraction of sp³-hybridized carbons (Fsp3) is 0.163. The van der Waals surface area contributed by atoms with E-state index in [1.807, 2.05) is 84.9 Å². The van der Waals surface area contributed by atoms with Crippen LogP contribution in [-0.2, 0) is 17.8 Å². The maximum atomic E-state index is 14.1. The van der Waals surface area contributed by atoms with Gasteiger partial charge in [-0.1, -0.05) is 85.6 Å². The van der Waals surface area contributed by atoms with Crippen LogP contribution >= 0.6 is 0 Å². The van der Waals surface area contributed by atoms with Gasteiger partial charge in [0.15, 0.2) is 0 Å². The van der Waals surface area contributed by atoms with Gasteiger partial charge in [0.05, 0.1) is 0 Å². The number of ether oxygens (including phenoxy) is 2. The molecule has 0 saturated heterocycles. The van der Waals surface area contributed by atoms with Crippen molar-refractivity contribution in [2.24, 2.45) is 0 Å². The number of hydrogen-bond donors (Lipinski definition) is 2. The average molecular weight is 725 g/mol. The van der Waals surface area contributed by atoms with Gasteiger partial charge < -0.3 is 20.9 Å². The predicted octanol–water partition coefficient (Wildman–Crippen LogP) is 12.7. The predicted molar refractivity (Wildman–Crippen MR) is 195 cm³/mol. The molecule has 1 aliphatic rings. The molecule has 1 aliphatic carbocycles. The van der Waals surface area contributed by atoms with Gasteiger partial charge in [-0.15, -0.1) is 0 Å². The van der Waals surface area contributed by atoms with Gasteiger partial charge in [0.25, 0.3) is 0 Å². The van der Waals surface area contributed by atoms with Crippen LogP contribution in [0.25, 0.3) is 22.3 Å². The van der Waals surface area contributed by atoms with E-state index in [1.54, 1.807) is 12.1 Å². The number of alkyl halides is 6. The summed E-state index contributed by atoms with van der Waals surface area (Å²) >= 11 is 0. The lowest BCUT2D eigenvalue weighted by atomic mass is 9.72. The molecule has 0 radical (unpaired) electrons. The highest BCUT2D eigenvalue weighted by Gasteiger charge is 2.40. The van der Waals surface area contributed by atoms with Gasteiger partial charge >= 0.3 is 12.4 Å². The molecule has 10 heteroatoms. The zero-order valence-corrected chi connectivity index (χ0v) is 28.3. The van der Waals surface area contributed by atoms with E-state index in [0.717, 1.165) is 60.1 Å². The molecule has 4 N–H and O–H groups in total. The first-order valence-electron chi connectivity index (χ1n) is 17.0. The Kier molecular flexibility index (Phi) is 9.32. The van der Waals surface area contributed by atoms with Gasteiger partial charge in [-0.2, -0.15) is 26.3 Å². The van der Waals surface area contributed by atoms with E-state index in [9.17, 15) is 26.3 Å². The minimum Gasteiger partial charge on any atom is -0.456 e. The van der Waals surface area contributed by atoms with Crippen LogP contribution in [-0.4, -0.2) is 0 Å². The third kappa shape index (κ3) is 7.26. The van der Waals surface area contributed by atoms with E-state index in [-0.39, 0.29) is 34.4 Å². The summed E-state index contributed by atoms with van der Waals surface area (Å²) in [7, 11) is 0. The summed E-state index contributed by atoms with van der Waals surface area (Å²) in [6.45, 7) is 0. The molecule has 0 atom stereocenters. The lowest BCUT2D eigenvalue weighted by molar-refractivity contribution is -0.139. The second-order valence-corrected chi connectivity index (χ2v) is 13.2. The number of rotatable bonds is 8. The highest BCUT2D eigenvalue weighted by Crippen LogP contribution is 2.51. The zero-order chi connectivity index (χ0) is 37.4. The Bertz CT molecular complexity index is 2090. The lowest BCUT2D eigenvalue weighted by Crippen LogP contribution is -2.24. The molecular formula is C43H34F6N2O2. The number of hydrogen-bond acceptors (Lipinski definition) is 4. The number of halogens is 6. The summed E-state index contributed by atoms with van der Waals surface area (Å²) in [6.07, 6.45) is -6.03. The fourth-order valence-corrected chi connectivity index (χ4v) is 7.20. The molecule has 6 aromatic carbocycles. The molecule has 0 amide bonds. The smallest absolute Gasteiger partial charge is 0.420 e. The molecule has 0 unspecified atom stereocenters. The van der Waals surface area contributed by atoms with Crippen molar-refractivity contribution in [3.05, 3.63) is 156 Å². The van der Waals surface area contributed by atoms with E-state index in [0.29, 0.717) is 11.1 Å². The quantitative estimate of drug-likeness (QED) is 0.121. The largest absolute Gasteiger partial charge is 0.456 e. The summed E-state index contributed by atoms with van der Waals surface area (Å²) < 4.78 is 96.4. The van der Waals surface area contributed by atoms with Gasteiger partial charge in [0.2, 0.25) is 0 Å². The van der Waals surface area contributed by atoms with Crippen molar-refractivity contribution in [1.82, 2.24) is 0 Å². The summed E-state index contributed by atoms with van der Waals surface area (Å²) in [6, 6.07) is 36.5. The molecule has 270 valence electrons. The molecule has 53 heavy (non-hydrogen) atoms. The van der Waals surface area contributed by atoms with Crippen molar-refractivity contribution in [1.29, 1.82) is 0 Å². The summed E-state index contributed by atoms with van der Waals surface area (Å²) in [5, 5.41) is 0. The number of anilines is 2. The van der Waals surface area contributed by atoms with Gasteiger partial charge in [0.1, 0.15) is 34.1 Å². The van der Waals surface area contributed by atoms with E-state index >= 15 is 0 Å². The molecule has 1 fully saturated rings. The van der Waals surface area contributed by atoms with Crippen LogP contribution in [0.5, 0.6) is 23.0 Å². The summed E-state index contributed by atoms with van der Waals surface area (Å²) in [5.41, 5.74) is 13.4. The Morgan fingerprint density at radius 1 is 0.453 bits per heavy atom. The van der Waals surface area contributed by atoms with Crippen molar-refractivity contribution >= 4 is 11.4 Å². The normalized spacial score (nSPS) is 14.2. The Balaban J connectivity index is 1.36. The molecule has 0 aromatic heterocycles. The first-order valence-corrected chi connectivity index (χ1v) is 17.0. The van der Waals surface area contributed by atoms with E-state index in [4.69, 9.17) is 20.9 Å². The molecule has 0 aliphatic heterocycles. The summed E-state index contributed by atoms with van der Waals surface area (Å²) in [5.74, 6) is -0.266. The average Bonchev–Trinajstić information content (AvgIpc) is 3.65. The van der Waals surface area contributed by atoms with Crippen molar-refractivity contribution in [3.63, 3.8) is 0 Å². The molecule has 6 aromatic rings.